The standard InChI is InChI=1S/C11H15N3/c1-12-10-5-7-14(2)11(10)9-4-3-6-13-8-9/h3-4,6,8,11H,5,7H2,1-2H3/t11-/m1/s1. The number of hydrogen-bond donors (Lipinski definition) is 0. The van der Waals surface area contributed by atoms with E-state index in [1.807, 2.05) is 19.3 Å². The normalized spacial score (nSPS) is 25.9. The van der Waals surface area contributed by atoms with Crippen molar-refractivity contribution in [1.29, 1.82) is 0 Å². The fourth-order valence-electron chi connectivity index (χ4n) is 2.03. The van der Waals surface area contributed by atoms with Gasteiger partial charge in [0, 0.05) is 31.7 Å². The van der Waals surface area contributed by atoms with Crippen LogP contribution < -0.4 is 0 Å². The molecule has 74 valence electrons. The van der Waals surface area contributed by atoms with Gasteiger partial charge in [0.05, 0.1) is 6.04 Å². The third kappa shape index (κ3) is 1.55. The van der Waals surface area contributed by atoms with Crippen LogP contribution in [-0.4, -0.2) is 36.2 Å². The molecule has 0 saturated carbocycles. The molecule has 0 spiro atoms. The summed E-state index contributed by atoms with van der Waals surface area (Å²) in [6.07, 6.45) is 4.81. The lowest BCUT2D eigenvalue weighted by atomic mass is 10.1. The highest BCUT2D eigenvalue weighted by Gasteiger charge is 2.28. The zero-order valence-corrected chi connectivity index (χ0v) is 8.64. The molecular weight excluding hydrogens is 174 g/mol. The minimum absolute atomic E-state index is 0.341. The molecule has 0 aliphatic carbocycles. The van der Waals surface area contributed by atoms with Crippen molar-refractivity contribution in [1.82, 2.24) is 9.88 Å². The van der Waals surface area contributed by atoms with Crippen LogP contribution in [0, 0.1) is 0 Å². The Morgan fingerprint density at radius 1 is 1.57 bits per heavy atom. The van der Waals surface area contributed by atoms with E-state index in [-0.39, 0.29) is 0 Å². The van der Waals surface area contributed by atoms with Crippen LogP contribution in [0.15, 0.2) is 29.5 Å². The maximum Gasteiger partial charge on any atom is 0.0745 e. The van der Waals surface area contributed by atoms with Crippen LogP contribution in [-0.2, 0) is 0 Å². The Morgan fingerprint density at radius 2 is 2.43 bits per heavy atom. The summed E-state index contributed by atoms with van der Waals surface area (Å²) >= 11 is 0. The summed E-state index contributed by atoms with van der Waals surface area (Å²) < 4.78 is 0. The number of nitrogens with zero attached hydrogens (tertiary/aromatic N) is 3. The zero-order valence-electron chi connectivity index (χ0n) is 8.64. The smallest absolute Gasteiger partial charge is 0.0745 e. The van der Waals surface area contributed by atoms with Gasteiger partial charge < -0.3 is 0 Å². The van der Waals surface area contributed by atoms with Gasteiger partial charge in [0.25, 0.3) is 0 Å². The molecule has 3 nitrogen and oxygen atoms in total. The van der Waals surface area contributed by atoms with E-state index in [4.69, 9.17) is 0 Å². The number of pyridine rings is 1. The van der Waals surface area contributed by atoms with Gasteiger partial charge in [-0.2, -0.15) is 0 Å². The summed E-state index contributed by atoms with van der Waals surface area (Å²) in [5, 5.41) is 0. The predicted molar refractivity (Wildman–Crippen MR) is 57.6 cm³/mol. The van der Waals surface area contributed by atoms with Gasteiger partial charge >= 0.3 is 0 Å². The topological polar surface area (TPSA) is 28.5 Å². The molecule has 0 radical (unpaired) electrons. The number of aliphatic imine (C=N–C) groups is 1. The first-order valence-electron chi connectivity index (χ1n) is 4.88. The molecule has 1 saturated heterocycles. The second-order valence-corrected chi connectivity index (χ2v) is 3.63. The van der Waals surface area contributed by atoms with Crippen LogP contribution in [0.25, 0.3) is 0 Å². The summed E-state index contributed by atoms with van der Waals surface area (Å²) in [6, 6.07) is 4.44. The first kappa shape index (κ1) is 9.34. The highest BCUT2D eigenvalue weighted by Crippen LogP contribution is 2.27. The second-order valence-electron chi connectivity index (χ2n) is 3.63. The summed E-state index contributed by atoms with van der Waals surface area (Å²) in [5.74, 6) is 0. The molecule has 1 aliphatic rings. The highest BCUT2D eigenvalue weighted by atomic mass is 15.2. The Labute approximate surface area is 84.5 Å². The van der Waals surface area contributed by atoms with Crippen molar-refractivity contribution in [3.8, 4) is 0 Å². The summed E-state index contributed by atoms with van der Waals surface area (Å²) in [5.41, 5.74) is 2.51. The molecule has 1 aromatic heterocycles. The van der Waals surface area contributed by atoms with Crippen LogP contribution in [0.3, 0.4) is 0 Å². The van der Waals surface area contributed by atoms with Crippen molar-refractivity contribution in [2.24, 2.45) is 4.99 Å². The third-order valence-electron chi connectivity index (χ3n) is 2.76. The third-order valence-corrected chi connectivity index (χ3v) is 2.76. The molecule has 2 rings (SSSR count). The molecule has 1 atom stereocenters. The van der Waals surface area contributed by atoms with Crippen LogP contribution in [0.2, 0.25) is 0 Å². The largest absolute Gasteiger partial charge is 0.295 e. The maximum atomic E-state index is 4.34. The number of hydrogen-bond acceptors (Lipinski definition) is 3. The van der Waals surface area contributed by atoms with Gasteiger partial charge in [-0.1, -0.05) is 6.07 Å². The van der Waals surface area contributed by atoms with Crippen molar-refractivity contribution < 1.29 is 0 Å². The Hall–Kier alpha value is -1.22. The van der Waals surface area contributed by atoms with Gasteiger partial charge in [-0.05, 0) is 25.1 Å². The molecule has 1 fully saturated rings. The number of rotatable bonds is 1. The lowest BCUT2D eigenvalue weighted by Gasteiger charge is -2.19. The number of aromatic nitrogens is 1. The zero-order chi connectivity index (χ0) is 9.97. The first-order chi connectivity index (χ1) is 6.83. The van der Waals surface area contributed by atoms with E-state index in [0.29, 0.717) is 6.04 Å². The van der Waals surface area contributed by atoms with Crippen LogP contribution >= 0.6 is 0 Å². The average Bonchev–Trinajstić information content (AvgIpc) is 2.61. The Kier molecular flexibility index (Phi) is 2.59. The van der Waals surface area contributed by atoms with E-state index in [1.54, 1.807) is 6.20 Å². The van der Waals surface area contributed by atoms with E-state index < -0.39 is 0 Å². The Balaban J connectivity index is 2.33. The lowest BCUT2D eigenvalue weighted by molar-refractivity contribution is 0.346. The van der Waals surface area contributed by atoms with Gasteiger partial charge in [0.1, 0.15) is 0 Å². The second kappa shape index (κ2) is 3.88. The van der Waals surface area contributed by atoms with Crippen molar-refractivity contribution in [2.75, 3.05) is 20.6 Å². The summed E-state index contributed by atoms with van der Waals surface area (Å²) in [6.45, 7) is 1.09. The quantitative estimate of drug-likeness (QED) is 0.670. The molecule has 1 aliphatic heterocycles. The predicted octanol–water partition coefficient (Wildman–Crippen LogP) is 1.53. The van der Waals surface area contributed by atoms with Crippen molar-refractivity contribution >= 4 is 5.71 Å². The molecule has 0 N–H and O–H groups in total. The molecule has 0 bridgehead atoms. The maximum absolute atomic E-state index is 4.34. The van der Waals surface area contributed by atoms with E-state index in [1.165, 1.54) is 11.3 Å². The van der Waals surface area contributed by atoms with Gasteiger partial charge in [0.15, 0.2) is 0 Å². The lowest BCUT2D eigenvalue weighted by Crippen LogP contribution is -2.21. The Morgan fingerprint density at radius 3 is 3.07 bits per heavy atom. The van der Waals surface area contributed by atoms with E-state index >= 15 is 0 Å². The minimum atomic E-state index is 0.341. The number of likely N-dealkylation sites (tertiary alicyclic amines) is 1. The fraction of sp³-hybridized carbons (Fsp3) is 0.455. The van der Waals surface area contributed by atoms with Crippen molar-refractivity contribution in [3.05, 3.63) is 30.1 Å². The molecule has 2 heterocycles. The van der Waals surface area contributed by atoms with Crippen LogP contribution in [0.5, 0.6) is 0 Å². The van der Waals surface area contributed by atoms with E-state index in [2.05, 4.69) is 28.0 Å². The molecule has 0 aromatic carbocycles. The van der Waals surface area contributed by atoms with E-state index in [0.717, 1.165) is 13.0 Å². The molecule has 1 aromatic rings. The van der Waals surface area contributed by atoms with Crippen molar-refractivity contribution in [3.63, 3.8) is 0 Å². The summed E-state index contributed by atoms with van der Waals surface area (Å²) in [4.78, 5) is 10.8. The average molecular weight is 189 g/mol. The first-order valence-corrected chi connectivity index (χ1v) is 4.88. The monoisotopic (exact) mass is 189 g/mol. The molecule has 14 heavy (non-hydrogen) atoms. The van der Waals surface area contributed by atoms with Gasteiger partial charge in [-0.25, -0.2) is 0 Å². The van der Waals surface area contributed by atoms with E-state index in [9.17, 15) is 0 Å². The molecule has 0 unspecified atom stereocenters. The molecule has 0 amide bonds. The van der Waals surface area contributed by atoms with Crippen molar-refractivity contribution in [2.45, 2.75) is 12.5 Å². The summed E-state index contributed by atoms with van der Waals surface area (Å²) in [7, 11) is 4.01. The Bertz CT molecular complexity index is 332. The van der Waals surface area contributed by atoms with Gasteiger partial charge in [-0.15, -0.1) is 0 Å². The van der Waals surface area contributed by atoms with Gasteiger partial charge in [0.2, 0.25) is 0 Å². The fourth-order valence-corrected chi connectivity index (χ4v) is 2.03. The molecular formula is C11H15N3. The van der Waals surface area contributed by atoms with Gasteiger partial charge in [-0.3, -0.25) is 14.9 Å². The SMILES string of the molecule is CN=C1CCN(C)[C@@H]1c1cccnc1. The molecule has 3 heteroatoms. The van der Waals surface area contributed by atoms with Crippen LogP contribution in [0.1, 0.15) is 18.0 Å². The highest BCUT2D eigenvalue weighted by molar-refractivity contribution is 5.92. The minimum Gasteiger partial charge on any atom is -0.295 e. The van der Waals surface area contributed by atoms with Crippen LogP contribution in [0.4, 0.5) is 0 Å².